The molecular weight excluding hydrogens is 438 g/mol. The maximum absolute atomic E-state index is 12.5. The van der Waals surface area contributed by atoms with Gasteiger partial charge in [0.1, 0.15) is 0 Å². The number of aromatic nitrogens is 3. The molecule has 0 unspecified atom stereocenters. The zero-order valence-corrected chi connectivity index (χ0v) is 17.8. The fourth-order valence-corrected chi connectivity index (χ4v) is 5.23. The van der Waals surface area contributed by atoms with Gasteiger partial charge in [-0.2, -0.15) is 0 Å². The molecule has 0 aliphatic rings. The Hall–Kier alpha value is -2.43. The Morgan fingerprint density at radius 1 is 1.24 bits per heavy atom. The van der Waals surface area contributed by atoms with Crippen molar-refractivity contribution < 1.29 is 17.9 Å². The molecule has 8 nitrogen and oxygen atoms in total. The first kappa shape index (κ1) is 21.3. The molecule has 29 heavy (non-hydrogen) atoms. The first-order valence-corrected chi connectivity index (χ1v) is 11.3. The van der Waals surface area contributed by atoms with E-state index < -0.39 is 21.4 Å². The summed E-state index contributed by atoms with van der Waals surface area (Å²) in [5.74, 6) is -0.660. The van der Waals surface area contributed by atoms with Gasteiger partial charge in [0, 0.05) is 16.5 Å². The molecule has 0 fully saturated rings. The quantitative estimate of drug-likeness (QED) is 0.343. The van der Waals surface area contributed by atoms with E-state index in [0.29, 0.717) is 10.7 Å². The summed E-state index contributed by atoms with van der Waals surface area (Å²) >= 11 is 6.86. The zero-order chi connectivity index (χ0) is 21.2. The van der Waals surface area contributed by atoms with E-state index >= 15 is 0 Å². The highest BCUT2D eigenvalue weighted by atomic mass is 35.5. The molecule has 2 aromatic heterocycles. The molecule has 2 heterocycles. The predicted molar refractivity (Wildman–Crippen MR) is 110 cm³/mol. The number of hydrogen-bond donors (Lipinski definition) is 1. The number of aromatic amines is 1. The SMILES string of the molecule is COC(=O)c1cc(C)nc2nc(SCCS(=O)(=O)c3ccc(Cl)cc3)[nH]c(=O)c12. The van der Waals surface area contributed by atoms with Gasteiger partial charge in [0.2, 0.25) is 0 Å². The van der Waals surface area contributed by atoms with Gasteiger partial charge in [-0.05, 0) is 37.3 Å². The number of benzene rings is 1. The molecule has 1 N–H and O–H groups in total. The minimum Gasteiger partial charge on any atom is -0.465 e. The van der Waals surface area contributed by atoms with Crippen LogP contribution >= 0.6 is 23.4 Å². The lowest BCUT2D eigenvalue weighted by molar-refractivity contribution is 0.0602. The zero-order valence-electron chi connectivity index (χ0n) is 15.4. The summed E-state index contributed by atoms with van der Waals surface area (Å²) in [6, 6.07) is 7.36. The van der Waals surface area contributed by atoms with Gasteiger partial charge in [-0.3, -0.25) is 4.79 Å². The van der Waals surface area contributed by atoms with Crippen LogP contribution in [0.2, 0.25) is 5.02 Å². The van der Waals surface area contributed by atoms with Crippen molar-refractivity contribution in [3.8, 4) is 0 Å². The molecule has 152 valence electrons. The lowest BCUT2D eigenvalue weighted by Crippen LogP contribution is -2.16. The Balaban J connectivity index is 1.83. The first-order valence-electron chi connectivity index (χ1n) is 8.32. The van der Waals surface area contributed by atoms with E-state index in [4.69, 9.17) is 16.3 Å². The molecule has 0 spiro atoms. The van der Waals surface area contributed by atoms with Gasteiger partial charge in [0.05, 0.1) is 28.7 Å². The molecule has 3 rings (SSSR count). The molecule has 0 bridgehead atoms. The van der Waals surface area contributed by atoms with E-state index in [1.54, 1.807) is 6.92 Å². The highest BCUT2D eigenvalue weighted by Gasteiger charge is 2.18. The number of halogens is 1. The number of H-pyrrole nitrogens is 1. The van der Waals surface area contributed by atoms with Crippen molar-refractivity contribution in [1.29, 1.82) is 0 Å². The molecular formula is C18H16ClN3O5S2. The maximum Gasteiger partial charge on any atom is 0.338 e. The van der Waals surface area contributed by atoms with Crippen LogP contribution in [0.25, 0.3) is 11.0 Å². The van der Waals surface area contributed by atoms with E-state index in [1.807, 2.05) is 0 Å². The van der Waals surface area contributed by atoms with Crippen molar-refractivity contribution in [3.05, 3.63) is 57.0 Å². The van der Waals surface area contributed by atoms with Crippen LogP contribution in [0.3, 0.4) is 0 Å². The number of nitrogens with one attached hydrogen (secondary N) is 1. The van der Waals surface area contributed by atoms with Gasteiger partial charge in [-0.25, -0.2) is 23.2 Å². The monoisotopic (exact) mass is 453 g/mol. The number of carbonyl (C=O) groups is 1. The number of hydrogen-bond acceptors (Lipinski definition) is 8. The second kappa shape index (κ2) is 8.52. The number of thioether (sulfide) groups is 1. The predicted octanol–water partition coefficient (Wildman–Crippen LogP) is 2.63. The summed E-state index contributed by atoms with van der Waals surface area (Å²) in [4.78, 5) is 35.6. The fourth-order valence-electron chi connectivity index (χ4n) is 2.59. The van der Waals surface area contributed by atoms with Crippen molar-refractivity contribution in [2.75, 3.05) is 18.6 Å². The Morgan fingerprint density at radius 2 is 1.93 bits per heavy atom. The lowest BCUT2D eigenvalue weighted by Gasteiger charge is -2.07. The maximum atomic E-state index is 12.5. The number of aryl methyl sites for hydroxylation is 1. The average molecular weight is 454 g/mol. The second-order valence-corrected chi connectivity index (χ2v) is 9.62. The van der Waals surface area contributed by atoms with Crippen molar-refractivity contribution >= 4 is 50.2 Å². The molecule has 11 heteroatoms. The number of fused-ring (bicyclic) bond motifs is 1. The van der Waals surface area contributed by atoms with Crippen molar-refractivity contribution in [3.63, 3.8) is 0 Å². The summed E-state index contributed by atoms with van der Waals surface area (Å²) in [7, 11) is -2.28. The highest BCUT2D eigenvalue weighted by molar-refractivity contribution is 8.00. The molecule has 0 saturated heterocycles. The Morgan fingerprint density at radius 3 is 2.59 bits per heavy atom. The molecule has 0 atom stereocenters. The van der Waals surface area contributed by atoms with E-state index in [0.717, 1.165) is 11.8 Å². The van der Waals surface area contributed by atoms with Crippen LogP contribution in [0, 0.1) is 6.92 Å². The van der Waals surface area contributed by atoms with Crippen LogP contribution in [-0.4, -0.2) is 48.0 Å². The van der Waals surface area contributed by atoms with Crippen LogP contribution in [0.15, 0.2) is 45.2 Å². The molecule has 0 amide bonds. The lowest BCUT2D eigenvalue weighted by atomic mass is 10.1. The van der Waals surface area contributed by atoms with Gasteiger partial charge >= 0.3 is 5.97 Å². The third kappa shape index (κ3) is 4.77. The number of carbonyl (C=O) groups excluding carboxylic acids is 1. The van der Waals surface area contributed by atoms with Crippen molar-refractivity contribution in [2.24, 2.45) is 0 Å². The topological polar surface area (TPSA) is 119 Å². The molecule has 0 aliphatic heterocycles. The number of nitrogens with zero attached hydrogens (tertiary/aromatic N) is 2. The molecule has 0 aliphatic carbocycles. The number of pyridine rings is 1. The number of esters is 1. The summed E-state index contributed by atoms with van der Waals surface area (Å²) in [6.07, 6.45) is 0. The smallest absolute Gasteiger partial charge is 0.338 e. The highest BCUT2D eigenvalue weighted by Crippen LogP contribution is 2.20. The molecule has 1 aromatic carbocycles. The van der Waals surface area contributed by atoms with E-state index in [2.05, 4.69) is 15.0 Å². The average Bonchev–Trinajstić information content (AvgIpc) is 2.66. The summed E-state index contributed by atoms with van der Waals surface area (Å²) < 4.78 is 29.5. The van der Waals surface area contributed by atoms with Crippen LogP contribution in [0.4, 0.5) is 0 Å². The molecule has 3 aromatic rings. The second-order valence-electron chi connectivity index (χ2n) is 5.99. The third-order valence-corrected chi connectivity index (χ3v) is 7.07. The van der Waals surface area contributed by atoms with Crippen LogP contribution in [-0.2, 0) is 14.6 Å². The van der Waals surface area contributed by atoms with Gasteiger partial charge in [0.25, 0.3) is 5.56 Å². The van der Waals surface area contributed by atoms with Crippen molar-refractivity contribution in [2.45, 2.75) is 17.0 Å². The van der Waals surface area contributed by atoms with Gasteiger partial charge < -0.3 is 9.72 Å². The van der Waals surface area contributed by atoms with Crippen LogP contribution < -0.4 is 5.56 Å². The van der Waals surface area contributed by atoms with E-state index in [1.165, 1.54) is 37.4 Å². The largest absolute Gasteiger partial charge is 0.465 e. The molecule has 0 radical (unpaired) electrons. The Labute approximate surface area is 175 Å². The standard InChI is InChI=1S/C18H16ClN3O5S2/c1-10-9-13(17(24)27-2)14-15(20-10)21-18(22-16(14)23)28-7-8-29(25,26)12-5-3-11(19)4-6-12/h3-6,9H,7-8H2,1-2H3,(H,20,21,22,23). The number of ether oxygens (including phenoxy) is 1. The Kier molecular flexibility index (Phi) is 6.25. The third-order valence-electron chi connectivity index (χ3n) is 3.95. The summed E-state index contributed by atoms with van der Waals surface area (Å²) in [6.45, 7) is 1.67. The summed E-state index contributed by atoms with van der Waals surface area (Å²) in [5, 5.41) is 0.689. The van der Waals surface area contributed by atoms with Gasteiger partial charge in [-0.15, -0.1) is 0 Å². The molecule has 0 saturated carbocycles. The minimum absolute atomic E-state index is 0.0283. The van der Waals surface area contributed by atoms with E-state index in [-0.39, 0.29) is 38.2 Å². The normalized spacial score (nSPS) is 11.6. The summed E-state index contributed by atoms with van der Waals surface area (Å²) in [5.41, 5.74) is 0.117. The minimum atomic E-state index is -3.50. The van der Waals surface area contributed by atoms with E-state index in [9.17, 15) is 18.0 Å². The van der Waals surface area contributed by atoms with Gasteiger partial charge in [0.15, 0.2) is 20.6 Å². The van der Waals surface area contributed by atoms with Crippen molar-refractivity contribution in [1.82, 2.24) is 15.0 Å². The van der Waals surface area contributed by atoms with Crippen LogP contribution in [0.5, 0.6) is 0 Å². The first-order chi connectivity index (χ1) is 13.7. The van der Waals surface area contributed by atoms with Gasteiger partial charge in [-0.1, -0.05) is 23.4 Å². The fraction of sp³-hybridized carbons (Fsp3) is 0.222. The van der Waals surface area contributed by atoms with Crippen LogP contribution in [0.1, 0.15) is 16.1 Å². The number of methoxy groups -OCH3 is 1. The number of rotatable bonds is 6. The number of sulfone groups is 1. The Bertz CT molecular complexity index is 1240.